The summed E-state index contributed by atoms with van der Waals surface area (Å²) in [6.45, 7) is 42.2. The van der Waals surface area contributed by atoms with Crippen LogP contribution in [-0.4, -0.2) is 6.71 Å². The Bertz CT molecular complexity index is 3100. The Morgan fingerprint density at radius 3 is 1.40 bits per heavy atom. The largest absolute Gasteiger partial charge is 0.311 e. The maximum absolute atomic E-state index is 2.62. The highest BCUT2D eigenvalue weighted by Crippen LogP contribution is 2.46. The van der Waals surface area contributed by atoms with Crippen LogP contribution in [0.4, 0.5) is 17.1 Å². The Labute approximate surface area is 424 Å². The van der Waals surface area contributed by atoms with Crippen molar-refractivity contribution in [2.45, 2.75) is 169 Å². The summed E-state index contributed by atoms with van der Waals surface area (Å²) in [5.74, 6) is 0.0926. The summed E-state index contributed by atoms with van der Waals surface area (Å²) in [7, 11) is 0. The normalized spacial score (nSPS) is 15.3. The molecule has 2 heteroatoms. The van der Waals surface area contributed by atoms with E-state index in [4.69, 9.17) is 0 Å². The zero-order valence-corrected chi connectivity index (χ0v) is 46.1. The van der Waals surface area contributed by atoms with Gasteiger partial charge in [-0.05, 0) is 146 Å². The van der Waals surface area contributed by atoms with Crippen molar-refractivity contribution < 1.29 is 0 Å². The second-order valence-corrected chi connectivity index (χ2v) is 27.2. The molecular formula is C68H80BN. The minimum atomic E-state index is -0.0374. The highest BCUT2D eigenvalue weighted by Gasteiger charge is 2.43. The lowest BCUT2D eigenvalue weighted by Crippen LogP contribution is -2.58. The van der Waals surface area contributed by atoms with Crippen LogP contribution in [0.25, 0.3) is 22.3 Å². The summed E-state index contributed by atoms with van der Waals surface area (Å²) in [5, 5.41) is 0. The summed E-state index contributed by atoms with van der Waals surface area (Å²) < 4.78 is 0. The number of hydrogen-bond donors (Lipinski definition) is 0. The van der Waals surface area contributed by atoms with E-state index in [-0.39, 0.29) is 45.1 Å². The fourth-order valence-corrected chi connectivity index (χ4v) is 11.1. The molecule has 0 spiro atoms. The quantitative estimate of drug-likeness (QED) is 0.159. The molecule has 9 rings (SSSR count). The molecule has 70 heavy (non-hydrogen) atoms. The lowest BCUT2D eigenvalue weighted by Gasteiger charge is -2.39. The molecule has 0 radical (unpaired) electrons. The third kappa shape index (κ3) is 9.26. The summed E-state index contributed by atoms with van der Waals surface area (Å²) in [6, 6.07) is 56.0. The van der Waals surface area contributed by atoms with Gasteiger partial charge in [-0.25, -0.2) is 0 Å². The van der Waals surface area contributed by atoms with Gasteiger partial charge in [0, 0.05) is 23.0 Å². The second kappa shape index (κ2) is 17.0. The van der Waals surface area contributed by atoms with Crippen molar-refractivity contribution in [2.75, 3.05) is 4.90 Å². The van der Waals surface area contributed by atoms with Crippen molar-refractivity contribution in [3.8, 4) is 22.3 Å². The maximum atomic E-state index is 2.62. The van der Waals surface area contributed by atoms with Crippen molar-refractivity contribution in [2.24, 2.45) is 0 Å². The molecule has 0 fully saturated rings. The van der Waals surface area contributed by atoms with E-state index in [1.165, 1.54) is 106 Å². The van der Waals surface area contributed by atoms with Gasteiger partial charge in [0.15, 0.2) is 0 Å². The van der Waals surface area contributed by atoms with Crippen molar-refractivity contribution in [3.63, 3.8) is 0 Å². The average molecular weight is 922 g/mol. The van der Waals surface area contributed by atoms with Gasteiger partial charge >= 0.3 is 0 Å². The monoisotopic (exact) mass is 922 g/mol. The number of fused-ring (bicyclic) bond motifs is 4. The molecule has 7 aromatic rings. The van der Waals surface area contributed by atoms with E-state index >= 15 is 0 Å². The fourth-order valence-electron chi connectivity index (χ4n) is 11.1. The lowest BCUT2D eigenvalue weighted by molar-refractivity contribution is 0.589. The lowest BCUT2D eigenvalue weighted by atomic mass is 9.33. The molecular weight excluding hydrogens is 842 g/mol. The molecule has 1 unspecified atom stereocenters. The highest BCUT2D eigenvalue weighted by atomic mass is 15.2. The van der Waals surface area contributed by atoms with Crippen molar-refractivity contribution in [1.82, 2.24) is 0 Å². The summed E-state index contributed by atoms with van der Waals surface area (Å²) >= 11 is 0. The van der Waals surface area contributed by atoms with Crippen LogP contribution in [0.15, 0.2) is 140 Å². The standard InChI is InChI=1S/C68H80BN/c1-63(2,3)47-24-22-43(23-25-47)56-40-50(66(10,11)12)28-33-54(56)57-38-46-36-45(44-20-19-21-49(37-44)65(7,8)9)39-61-62(46)69(58-41-51(67(13,14)15)29-34-55(57)58)59-42-52(68(16,17)18)30-35-60(59)70(61)53-31-26-48(27-32-53)64(4,5)6/h19-37,39-42,57H,38H2,1-18H3. The molecule has 2 aliphatic heterocycles. The fraction of sp³-hybridized carbons (Fsp3) is 0.382. The molecule has 0 saturated heterocycles. The second-order valence-electron chi connectivity index (χ2n) is 27.2. The minimum Gasteiger partial charge on any atom is -0.311 e. The van der Waals surface area contributed by atoms with Crippen LogP contribution in [-0.2, 0) is 38.9 Å². The van der Waals surface area contributed by atoms with Gasteiger partial charge in [0.2, 0.25) is 6.71 Å². The van der Waals surface area contributed by atoms with E-state index in [0.717, 1.165) is 6.42 Å². The molecule has 2 heterocycles. The first-order valence-electron chi connectivity index (χ1n) is 26.2. The molecule has 7 aromatic carbocycles. The van der Waals surface area contributed by atoms with Crippen molar-refractivity contribution in [3.05, 3.63) is 190 Å². The van der Waals surface area contributed by atoms with Crippen molar-refractivity contribution >= 4 is 40.2 Å². The molecule has 0 aromatic heterocycles. The topological polar surface area (TPSA) is 3.24 Å². The molecule has 0 aliphatic carbocycles. The van der Waals surface area contributed by atoms with Crippen molar-refractivity contribution in [1.29, 1.82) is 0 Å². The zero-order valence-electron chi connectivity index (χ0n) is 46.1. The number of benzene rings is 7. The van der Waals surface area contributed by atoms with Crippen LogP contribution in [0, 0.1) is 0 Å². The predicted molar refractivity (Wildman–Crippen MR) is 307 cm³/mol. The zero-order chi connectivity index (χ0) is 50.7. The Morgan fingerprint density at radius 1 is 0.371 bits per heavy atom. The van der Waals surface area contributed by atoms with E-state index in [0.29, 0.717) is 0 Å². The van der Waals surface area contributed by atoms with Crippen LogP contribution >= 0.6 is 0 Å². The van der Waals surface area contributed by atoms with Gasteiger partial charge < -0.3 is 4.90 Å². The van der Waals surface area contributed by atoms with E-state index < -0.39 is 0 Å². The predicted octanol–water partition coefficient (Wildman–Crippen LogP) is 16.8. The Kier molecular flexibility index (Phi) is 12.0. The van der Waals surface area contributed by atoms with Gasteiger partial charge in [-0.3, -0.25) is 0 Å². The molecule has 1 nitrogen and oxygen atoms in total. The number of anilines is 3. The number of hydrogen-bond acceptors (Lipinski definition) is 1. The Morgan fingerprint density at radius 2 is 0.843 bits per heavy atom. The van der Waals surface area contributed by atoms with E-state index in [2.05, 4.69) is 269 Å². The van der Waals surface area contributed by atoms with Gasteiger partial charge in [-0.15, -0.1) is 0 Å². The maximum Gasteiger partial charge on any atom is 0.247 e. The first kappa shape index (κ1) is 49.4. The highest BCUT2D eigenvalue weighted by molar-refractivity contribution is 6.98. The van der Waals surface area contributed by atoms with Crippen LogP contribution in [0.1, 0.15) is 181 Å². The number of rotatable bonds is 4. The van der Waals surface area contributed by atoms with Gasteiger partial charge in [-0.1, -0.05) is 245 Å². The molecule has 2 aliphatic rings. The molecule has 360 valence electrons. The van der Waals surface area contributed by atoms with Crippen LogP contribution in [0.3, 0.4) is 0 Å². The summed E-state index contributed by atoms with van der Waals surface area (Å²) in [5.41, 5.74) is 25.6. The Balaban J connectivity index is 1.41. The van der Waals surface area contributed by atoms with Gasteiger partial charge in [-0.2, -0.15) is 0 Å². The smallest absolute Gasteiger partial charge is 0.247 e. The first-order chi connectivity index (χ1) is 32.5. The van der Waals surface area contributed by atoms with Gasteiger partial charge in [0.05, 0.1) is 0 Å². The van der Waals surface area contributed by atoms with E-state index in [9.17, 15) is 0 Å². The molecule has 0 N–H and O–H groups in total. The van der Waals surface area contributed by atoms with Gasteiger partial charge in [0.1, 0.15) is 0 Å². The van der Waals surface area contributed by atoms with Gasteiger partial charge in [0.25, 0.3) is 0 Å². The molecule has 0 bridgehead atoms. The average Bonchev–Trinajstić information content (AvgIpc) is 3.42. The summed E-state index contributed by atoms with van der Waals surface area (Å²) in [4.78, 5) is 2.62. The van der Waals surface area contributed by atoms with E-state index in [1.54, 1.807) is 0 Å². The third-order valence-corrected chi connectivity index (χ3v) is 15.7. The Hall–Kier alpha value is -5.60. The third-order valence-electron chi connectivity index (χ3n) is 15.7. The minimum absolute atomic E-state index is 0.00748. The SMILES string of the molecule is CC(C)(C)c1ccc(-c2cc(C(C)(C)C)ccc2C2Cc3cc(-c4cccc(C(C)(C)C)c4)cc4c3B(c3cc(C(C)(C)C)ccc32)c2cc(C(C)(C)C)ccc2N4c2ccc(C(C)(C)C)cc2)cc1. The molecule has 0 saturated carbocycles. The summed E-state index contributed by atoms with van der Waals surface area (Å²) in [6.07, 6.45) is 0.876. The van der Waals surface area contributed by atoms with Crippen LogP contribution in [0.5, 0.6) is 0 Å². The first-order valence-corrected chi connectivity index (χ1v) is 26.2. The van der Waals surface area contributed by atoms with E-state index in [1.807, 2.05) is 0 Å². The number of nitrogens with zero attached hydrogens (tertiary/aromatic N) is 1. The van der Waals surface area contributed by atoms with Crippen LogP contribution < -0.4 is 21.3 Å². The van der Waals surface area contributed by atoms with Crippen LogP contribution in [0.2, 0.25) is 0 Å². The molecule has 1 atom stereocenters. The molecule has 0 amide bonds.